The zero-order chi connectivity index (χ0) is 24.0. The maximum Gasteiger partial charge on any atom is 0.301 e. The molecule has 1 aliphatic heterocycles. The van der Waals surface area contributed by atoms with Crippen LogP contribution in [-0.2, 0) is 9.59 Å². The van der Waals surface area contributed by atoms with Crippen LogP contribution in [0.3, 0.4) is 0 Å². The molecular formula is C26H19ClN2O4S. The van der Waals surface area contributed by atoms with Crippen LogP contribution in [0, 0.1) is 6.92 Å². The van der Waals surface area contributed by atoms with Gasteiger partial charge < -0.3 is 9.84 Å². The Balaban J connectivity index is 1.76. The fourth-order valence-electron chi connectivity index (χ4n) is 4.10. The van der Waals surface area contributed by atoms with Crippen molar-refractivity contribution in [2.45, 2.75) is 13.0 Å². The third-order valence-electron chi connectivity index (χ3n) is 5.73. The van der Waals surface area contributed by atoms with Crippen molar-refractivity contribution >= 4 is 55.7 Å². The number of fused-ring (bicyclic) bond motifs is 1. The molecule has 0 aliphatic carbocycles. The number of ketones is 1. The minimum absolute atomic E-state index is 0.0349. The summed E-state index contributed by atoms with van der Waals surface area (Å²) < 4.78 is 6.45. The van der Waals surface area contributed by atoms with Crippen molar-refractivity contribution in [3.63, 3.8) is 0 Å². The largest absolute Gasteiger partial charge is 0.507 e. The van der Waals surface area contributed by atoms with Gasteiger partial charge in [-0.1, -0.05) is 47.2 Å². The zero-order valence-electron chi connectivity index (χ0n) is 18.3. The summed E-state index contributed by atoms with van der Waals surface area (Å²) in [5, 5.41) is 12.1. The molecule has 6 nitrogen and oxygen atoms in total. The minimum Gasteiger partial charge on any atom is -0.507 e. The number of carbonyl (C=O) groups is 2. The molecule has 1 saturated heterocycles. The summed E-state index contributed by atoms with van der Waals surface area (Å²) in [6, 6.07) is 18.4. The van der Waals surface area contributed by atoms with Gasteiger partial charge in [-0.05, 0) is 55.0 Å². The van der Waals surface area contributed by atoms with Crippen LogP contribution in [0.1, 0.15) is 22.7 Å². The Morgan fingerprint density at radius 2 is 1.82 bits per heavy atom. The van der Waals surface area contributed by atoms with Crippen LogP contribution in [0.5, 0.6) is 5.75 Å². The van der Waals surface area contributed by atoms with E-state index in [-0.39, 0.29) is 11.3 Å². The third-order valence-corrected chi connectivity index (χ3v) is 7.00. The Morgan fingerprint density at radius 1 is 1.09 bits per heavy atom. The first-order chi connectivity index (χ1) is 16.4. The Labute approximate surface area is 204 Å². The molecule has 1 fully saturated rings. The normalized spacial score (nSPS) is 17.5. The molecule has 1 aromatic heterocycles. The van der Waals surface area contributed by atoms with Crippen molar-refractivity contribution in [1.29, 1.82) is 0 Å². The van der Waals surface area contributed by atoms with Gasteiger partial charge in [0.2, 0.25) is 0 Å². The first-order valence-electron chi connectivity index (χ1n) is 10.5. The first kappa shape index (κ1) is 22.1. The molecule has 0 radical (unpaired) electrons. The maximum atomic E-state index is 13.4. The second kappa shape index (κ2) is 8.59. The van der Waals surface area contributed by atoms with E-state index in [0.717, 1.165) is 15.8 Å². The predicted octanol–water partition coefficient (Wildman–Crippen LogP) is 5.89. The van der Waals surface area contributed by atoms with Crippen LogP contribution in [-0.4, -0.2) is 28.9 Å². The third kappa shape index (κ3) is 3.63. The van der Waals surface area contributed by atoms with Crippen molar-refractivity contribution in [2.75, 3.05) is 12.0 Å². The van der Waals surface area contributed by atoms with Crippen LogP contribution in [0.2, 0.25) is 5.02 Å². The molecular weight excluding hydrogens is 472 g/mol. The van der Waals surface area contributed by atoms with Gasteiger partial charge in [-0.2, -0.15) is 0 Å². The van der Waals surface area contributed by atoms with E-state index in [1.165, 1.54) is 23.3 Å². The maximum absolute atomic E-state index is 13.4. The fourth-order valence-corrected chi connectivity index (χ4v) is 5.32. The molecule has 170 valence electrons. The van der Waals surface area contributed by atoms with Crippen molar-refractivity contribution in [1.82, 2.24) is 4.98 Å². The molecule has 0 bridgehead atoms. The molecule has 0 saturated carbocycles. The second-order valence-corrected chi connectivity index (χ2v) is 9.33. The zero-order valence-corrected chi connectivity index (χ0v) is 19.9. The number of aliphatic hydroxyl groups excluding tert-OH is 1. The lowest BCUT2D eigenvalue weighted by atomic mass is 9.95. The van der Waals surface area contributed by atoms with Crippen LogP contribution in [0.4, 0.5) is 5.13 Å². The summed E-state index contributed by atoms with van der Waals surface area (Å²) in [6.45, 7) is 1.98. The molecule has 1 aliphatic rings. The molecule has 8 heteroatoms. The van der Waals surface area contributed by atoms with E-state index in [0.29, 0.717) is 27.0 Å². The highest BCUT2D eigenvalue weighted by Crippen LogP contribution is 2.46. The topological polar surface area (TPSA) is 79.7 Å². The number of thiazole rings is 1. The number of anilines is 1. The Hall–Kier alpha value is -3.68. The number of benzene rings is 3. The summed E-state index contributed by atoms with van der Waals surface area (Å²) in [5.41, 5.74) is 2.70. The van der Waals surface area contributed by atoms with Crippen molar-refractivity contribution < 1.29 is 19.4 Å². The number of aliphatic hydroxyl groups is 1. The second-order valence-electron chi connectivity index (χ2n) is 7.89. The summed E-state index contributed by atoms with van der Waals surface area (Å²) in [7, 11) is 1.52. The lowest BCUT2D eigenvalue weighted by molar-refractivity contribution is -0.132. The van der Waals surface area contributed by atoms with Gasteiger partial charge >= 0.3 is 5.91 Å². The van der Waals surface area contributed by atoms with Crippen LogP contribution >= 0.6 is 22.9 Å². The van der Waals surface area contributed by atoms with Crippen molar-refractivity contribution in [3.8, 4) is 5.75 Å². The summed E-state index contributed by atoms with van der Waals surface area (Å²) in [4.78, 5) is 32.7. The van der Waals surface area contributed by atoms with Gasteiger partial charge in [-0.25, -0.2) is 4.98 Å². The molecule has 34 heavy (non-hydrogen) atoms. The standard InChI is InChI=1S/C26H19ClN2O4S/c1-14-7-12-18-20(13-14)34-26(28-18)29-22(17-5-3-4-6-19(17)33-2)21(24(31)25(29)32)23(30)15-8-10-16(27)11-9-15/h3-13,22,30H,1-2H3/t22-/m1/s1. The number of halogens is 1. The van der Waals surface area contributed by atoms with E-state index in [9.17, 15) is 14.7 Å². The van der Waals surface area contributed by atoms with E-state index < -0.39 is 17.7 Å². The number of aryl methyl sites for hydroxylation is 1. The Morgan fingerprint density at radius 3 is 2.56 bits per heavy atom. The minimum atomic E-state index is -0.923. The number of carbonyl (C=O) groups excluding carboxylic acids is 2. The summed E-state index contributed by atoms with van der Waals surface area (Å²) in [6.07, 6.45) is 0. The first-order valence-corrected chi connectivity index (χ1v) is 11.7. The number of hydrogen-bond acceptors (Lipinski definition) is 6. The van der Waals surface area contributed by atoms with Gasteiger partial charge in [0, 0.05) is 16.1 Å². The molecule has 3 aromatic carbocycles. The average Bonchev–Trinajstić information content (AvgIpc) is 3.36. The van der Waals surface area contributed by atoms with Gasteiger partial charge in [0.1, 0.15) is 17.6 Å². The van der Waals surface area contributed by atoms with Gasteiger partial charge in [0.05, 0.1) is 22.9 Å². The van der Waals surface area contributed by atoms with Crippen LogP contribution < -0.4 is 9.64 Å². The number of rotatable bonds is 4. The number of Topliss-reactive ketones (excluding diaryl/α,β-unsaturated/α-hetero) is 1. The molecule has 0 spiro atoms. The molecule has 0 unspecified atom stereocenters. The van der Waals surface area contributed by atoms with E-state index in [1.807, 2.05) is 25.1 Å². The highest BCUT2D eigenvalue weighted by Gasteiger charge is 2.49. The predicted molar refractivity (Wildman–Crippen MR) is 134 cm³/mol. The van der Waals surface area contributed by atoms with E-state index in [4.69, 9.17) is 16.3 Å². The molecule has 1 N–H and O–H groups in total. The average molecular weight is 491 g/mol. The monoisotopic (exact) mass is 490 g/mol. The van der Waals surface area contributed by atoms with Crippen LogP contribution in [0.25, 0.3) is 16.0 Å². The number of ether oxygens (including phenoxy) is 1. The van der Waals surface area contributed by atoms with E-state index >= 15 is 0 Å². The number of nitrogens with zero attached hydrogens (tertiary/aromatic N) is 2. The lowest BCUT2D eigenvalue weighted by Crippen LogP contribution is -2.29. The van der Waals surface area contributed by atoms with Crippen LogP contribution in [0.15, 0.2) is 72.3 Å². The molecule has 1 amide bonds. The summed E-state index contributed by atoms with van der Waals surface area (Å²) >= 11 is 7.31. The van der Waals surface area contributed by atoms with Gasteiger partial charge in [-0.15, -0.1) is 0 Å². The lowest BCUT2D eigenvalue weighted by Gasteiger charge is -2.24. The van der Waals surface area contributed by atoms with Gasteiger partial charge in [-0.3, -0.25) is 14.5 Å². The molecule has 2 heterocycles. The number of amides is 1. The van der Waals surface area contributed by atoms with Crippen molar-refractivity contribution in [2.24, 2.45) is 0 Å². The summed E-state index contributed by atoms with van der Waals surface area (Å²) in [5.74, 6) is -1.36. The number of methoxy groups -OCH3 is 1. The fraction of sp³-hybridized carbons (Fsp3) is 0.115. The smallest absolute Gasteiger partial charge is 0.301 e. The Bertz CT molecular complexity index is 1480. The quantitative estimate of drug-likeness (QED) is 0.219. The Kier molecular flexibility index (Phi) is 5.59. The highest BCUT2D eigenvalue weighted by atomic mass is 35.5. The highest BCUT2D eigenvalue weighted by molar-refractivity contribution is 7.22. The van der Waals surface area contributed by atoms with Gasteiger partial charge in [0.25, 0.3) is 5.78 Å². The van der Waals surface area contributed by atoms with E-state index in [1.54, 1.807) is 48.5 Å². The van der Waals surface area contributed by atoms with Crippen molar-refractivity contribution in [3.05, 3.63) is 94.0 Å². The van der Waals surface area contributed by atoms with E-state index in [2.05, 4.69) is 4.98 Å². The number of aromatic nitrogens is 1. The molecule has 5 rings (SSSR count). The SMILES string of the molecule is COc1ccccc1[C@@H]1C(=C(O)c2ccc(Cl)cc2)C(=O)C(=O)N1c1nc2ccc(C)cc2s1. The molecule has 1 atom stereocenters. The number of para-hydroxylation sites is 1. The number of hydrogen-bond donors (Lipinski definition) is 1. The molecule has 4 aromatic rings. The van der Waals surface area contributed by atoms with Gasteiger partial charge in [0.15, 0.2) is 5.13 Å².